The average Bonchev–Trinajstić information content (AvgIpc) is 2.37. The second kappa shape index (κ2) is 5.88. The number of pyridine rings is 1. The Balaban J connectivity index is 2.29. The Labute approximate surface area is 121 Å². The average molecular weight is 327 g/mol. The molecule has 0 aromatic carbocycles. The van der Waals surface area contributed by atoms with Crippen molar-refractivity contribution in [3.63, 3.8) is 0 Å². The minimum atomic E-state index is 0.00708. The Kier molecular flexibility index (Phi) is 4.42. The van der Waals surface area contributed by atoms with E-state index in [-0.39, 0.29) is 11.9 Å². The third-order valence-electron chi connectivity index (χ3n) is 3.23. The van der Waals surface area contributed by atoms with E-state index in [0.29, 0.717) is 17.9 Å². The summed E-state index contributed by atoms with van der Waals surface area (Å²) in [6.07, 6.45) is 3.65. The Bertz CT molecular complexity index is 478. The lowest BCUT2D eigenvalue weighted by Gasteiger charge is -2.31. The molecule has 19 heavy (non-hydrogen) atoms. The van der Waals surface area contributed by atoms with Gasteiger partial charge in [0.2, 0.25) is 0 Å². The fraction of sp³-hybridized carbons (Fsp3) is 0.538. The zero-order valence-electron chi connectivity index (χ0n) is 11.3. The van der Waals surface area contributed by atoms with Crippen molar-refractivity contribution in [2.75, 3.05) is 32.1 Å². The molecule has 1 amide bonds. The van der Waals surface area contributed by atoms with Gasteiger partial charge < -0.3 is 15.5 Å². The van der Waals surface area contributed by atoms with Crippen molar-refractivity contribution >= 4 is 27.7 Å². The summed E-state index contributed by atoms with van der Waals surface area (Å²) in [4.78, 5) is 20.6. The molecule has 1 saturated heterocycles. The predicted octanol–water partition coefficient (Wildman–Crippen LogP) is 1.47. The number of carbonyl (C=O) groups is 1. The van der Waals surface area contributed by atoms with Crippen LogP contribution >= 0.6 is 15.9 Å². The molecule has 1 aliphatic heterocycles. The van der Waals surface area contributed by atoms with Gasteiger partial charge in [0.15, 0.2) is 0 Å². The van der Waals surface area contributed by atoms with E-state index in [9.17, 15) is 4.79 Å². The summed E-state index contributed by atoms with van der Waals surface area (Å²) in [7, 11) is 3.77. The van der Waals surface area contributed by atoms with Crippen molar-refractivity contribution in [1.29, 1.82) is 0 Å². The number of anilines is 1. The second-order valence-electron chi connectivity index (χ2n) is 5.07. The van der Waals surface area contributed by atoms with E-state index in [1.807, 2.05) is 30.0 Å². The molecule has 6 heteroatoms. The highest BCUT2D eigenvalue weighted by Gasteiger charge is 2.25. The minimum absolute atomic E-state index is 0.00708. The Morgan fingerprint density at radius 3 is 2.95 bits per heavy atom. The third-order valence-corrected chi connectivity index (χ3v) is 3.67. The molecular weight excluding hydrogens is 308 g/mol. The van der Waals surface area contributed by atoms with Crippen molar-refractivity contribution < 1.29 is 4.79 Å². The maximum atomic E-state index is 12.6. The molecule has 5 nitrogen and oxygen atoms in total. The van der Waals surface area contributed by atoms with Crippen molar-refractivity contribution in [1.82, 2.24) is 9.88 Å². The van der Waals surface area contributed by atoms with Gasteiger partial charge in [0.05, 0.1) is 5.56 Å². The second-order valence-corrected chi connectivity index (χ2v) is 5.99. The van der Waals surface area contributed by atoms with E-state index >= 15 is 0 Å². The summed E-state index contributed by atoms with van der Waals surface area (Å²) in [5.41, 5.74) is 6.56. The third kappa shape index (κ3) is 3.25. The largest absolute Gasteiger partial charge is 0.362 e. The van der Waals surface area contributed by atoms with Crippen LogP contribution in [0, 0.1) is 0 Å². The van der Waals surface area contributed by atoms with Gasteiger partial charge in [-0.05, 0) is 34.8 Å². The van der Waals surface area contributed by atoms with Gasteiger partial charge in [-0.15, -0.1) is 0 Å². The standard InChI is InChI=1S/C13H19BrN4O/c1-17(2)12-11(6-9(14)7-16-12)13(19)18-5-3-4-10(15)8-18/h6-7,10H,3-5,8,15H2,1-2H3. The molecule has 0 bridgehead atoms. The zero-order valence-corrected chi connectivity index (χ0v) is 12.9. The first-order valence-corrected chi connectivity index (χ1v) is 7.16. The number of halogens is 1. The molecule has 0 radical (unpaired) electrons. The first-order chi connectivity index (χ1) is 8.99. The summed E-state index contributed by atoms with van der Waals surface area (Å²) >= 11 is 3.37. The van der Waals surface area contributed by atoms with Crippen LogP contribution in [-0.2, 0) is 0 Å². The molecule has 0 spiro atoms. The highest BCUT2D eigenvalue weighted by Crippen LogP contribution is 2.23. The number of hydrogen-bond donors (Lipinski definition) is 1. The molecule has 1 aromatic rings. The number of aromatic nitrogens is 1. The van der Waals surface area contributed by atoms with Crippen LogP contribution < -0.4 is 10.6 Å². The lowest BCUT2D eigenvalue weighted by molar-refractivity contribution is 0.0709. The van der Waals surface area contributed by atoms with Crippen molar-refractivity contribution in [3.8, 4) is 0 Å². The smallest absolute Gasteiger partial charge is 0.257 e. The molecule has 2 N–H and O–H groups in total. The molecule has 2 heterocycles. The maximum Gasteiger partial charge on any atom is 0.257 e. The molecule has 1 aromatic heterocycles. The number of nitrogens with two attached hydrogens (primary N) is 1. The predicted molar refractivity (Wildman–Crippen MR) is 79.4 cm³/mol. The van der Waals surface area contributed by atoms with Crippen LogP contribution in [0.4, 0.5) is 5.82 Å². The molecule has 1 fully saturated rings. The number of hydrogen-bond acceptors (Lipinski definition) is 4. The Morgan fingerprint density at radius 1 is 1.58 bits per heavy atom. The lowest BCUT2D eigenvalue weighted by Crippen LogP contribution is -2.46. The van der Waals surface area contributed by atoms with Crippen LogP contribution in [0.25, 0.3) is 0 Å². The number of nitrogens with zero attached hydrogens (tertiary/aromatic N) is 3. The van der Waals surface area contributed by atoms with Gasteiger partial charge in [-0.1, -0.05) is 0 Å². The van der Waals surface area contributed by atoms with E-state index in [1.54, 1.807) is 6.20 Å². The summed E-state index contributed by atoms with van der Waals surface area (Å²) < 4.78 is 0.808. The molecule has 1 atom stereocenters. The van der Waals surface area contributed by atoms with E-state index in [4.69, 9.17) is 5.73 Å². The number of piperidine rings is 1. The number of amides is 1. The first kappa shape index (κ1) is 14.3. The SMILES string of the molecule is CN(C)c1ncc(Br)cc1C(=O)N1CCCC(N)C1. The quantitative estimate of drug-likeness (QED) is 0.894. The van der Waals surface area contributed by atoms with E-state index in [1.165, 1.54) is 0 Å². The van der Waals surface area contributed by atoms with Gasteiger partial charge >= 0.3 is 0 Å². The highest BCUT2D eigenvalue weighted by molar-refractivity contribution is 9.10. The fourth-order valence-corrected chi connectivity index (χ4v) is 2.64. The molecular formula is C13H19BrN4O. The lowest BCUT2D eigenvalue weighted by atomic mass is 10.1. The van der Waals surface area contributed by atoms with Crippen LogP contribution in [-0.4, -0.2) is 49.0 Å². The van der Waals surface area contributed by atoms with Gasteiger partial charge in [0.25, 0.3) is 5.91 Å². The van der Waals surface area contributed by atoms with Crippen LogP contribution in [0.1, 0.15) is 23.2 Å². The van der Waals surface area contributed by atoms with Crippen LogP contribution in [0.3, 0.4) is 0 Å². The van der Waals surface area contributed by atoms with Crippen molar-refractivity contribution in [3.05, 3.63) is 22.3 Å². The van der Waals surface area contributed by atoms with E-state index < -0.39 is 0 Å². The topological polar surface area (TPSA) is 62.5 Å². The molecule has 1 unspecified atom stereocenters. The summed E-state index contributed by atoms with van der Waals surface area (Å²) in [6.45, 7) is 1.39. The molecule has 0 saturated carbocycles. The van der Waals surface area contributed by atoms with Crippen LogP contribution in [0.2, 0.25) is 0 Å². The van der Waals surface area contributed by atoms with Crippen LogP contribution in [0.15, 0.2) is 16.7 Å². The molecule has 1 aliphatic rings. The van der Waals surface area contributed by atoms with Gasteiger partial charge in [0, 0.05) is 43.9 Å². The van der Waals surface area contributed by atoms with E-state index in [0.717, 1.165) is 23.9 Å². The fourth-order valence-electron chi connectivity index (χ4n) is 2.31. The Morgan fingerprint density at radius 2 is 2.32 bits per heavy atom. The monoisotopic (exact) mass is 326 g/mol. The van der Waals surface area contributed by atoms with Crippen molar-refractivity contribution in [2.45, 2.75) is 18.9 Å². The zero-order chi connectivity index (χ0) is 14.0. The first-order valence-electron chi connectivity index (χ1n) is 6.36. The molecule has 2 rings (SSSR count). The van der Waals surface area contributed by atoms with Gasteiger partial charge in [-0.3, -0.25) is 4.79 Å². The van der Waals surface area contributed by atoms with Crippen molar-refractivity contribution in [2.24, 2.45) is 5.73 Å². The summed E-state index contributed by atoms with van der Waals surface area (Å²) in [5.74, 6) is 0.694. The summed E-state index contributed by atoms with van der Waals surface area (Å²) in [6, 6.07) is 1.91. The summed E-state index contributed by atoms with van der Waals surface area (Å²) in [5, 5.41) is 0. The highest BCUT2D eigenvalue weighted by atomic mass is 79.9. The van der Waals surface area contributed by atoms with Gasteiger partial charge in [-0.2, -0.15) is 0 Å². The number of rotatable bonds is 2. The normalized spacial score (nSPS) is 19.4. The van der Waals surface area contributed by atoms with E-state index in [2.05, 4.69) is 20.9 Å². The minimum Gasteiger partial charge on any atom is -0.362 e. The van der Waals surface area contributed by atoms with Crippen LogP contribution in [0.5, 0.6) is 0 Å². The number of carbonyl (C=O) groups excluding carboxylic acids is 1. The maximum absolute atomic E-state index is 12.6. The van der Waals surface area contributed by atoms with Gasteiger partial charge in [-0.25, -0.2) is 4.98 Å². The van der Waals surface area contributed by atoms with Gasteiger partial charge in [0.1, 0.15) is 5.82 Å². The molecule has 0 aliphatic carbocycles. The molecule has 104 valence electrons. The Hall–Kier alpha value is -1.14. The number of likely N-dealkylation sites (tertiary alicyclic amines) is 1.